The van der Waals surface area contributed by atoms with E-state index in [9.17, 15) is 4.79 Å². The van der Waals surface area contributed by atoms with Crippen molar-refractivity contribution in [2.24, 2.45) is 23.2 Å². The average Bonchev–Trinajstić information content (AvgIpc) is 2.69. The van der Waals surface area contributed by atoms with Gasteiger partial charge < -0.3 is 4.74 Å². The second-order valence-corrected chi connectivity index (χ2v) is 5.27. The van der Waals surface area contributed by atoms with E-state index in [0.717, 1.165) is 13.2 Å². The molecule has 84 valence electrons. The summed E-state index contributed by atoms with van der Waals surface area (Å²) in [5.41, 5.74) is 0.456. The first-order valence-corrected chi connectivity index (χ1v) is 5.56. The second-order valence-electron chi connectivity index (χ2n) is 5.27. The molecule has 1 spiro atoms. The summed E-state index contributed by atoms with van der Waals surface area (Å²) < 4.78 is 5.27. The maximum atomic E-state index is 11.8. The predicted octanol–water partition coefficient (Wildman–Crippen LogP) is 0.679. The molecule has 0 aromatic carbocycles. The lowest BCUT2D eigenvalue weighted by Gasteiger charge is -2.40. The number of hydrogen-bond acceptors (Lipinski definition) is 3. The summed E-state index contributed by atoms with van der Waals surface area (Å²) in [6, 6.07) is 0. The molecule has 1 saturated heterocycles. The number of nitrogens with zero attached hydrogens (tertiary/aromatic N) is 1. The zero-order valence-corrected chi connectivity index (χ0v) is 9.23. The normalized spacial score (nSPS) is 39.7. The van der Waals surface area contributed by atoms with Crippen molar-refractivity contribution in [3.63, 3.8) is 0 Å². The zero-order valence-electron chi connectivity index (χ0n) is 9.23. The van der Waals surface area contributed by atoms with Gasteiger partial charge in [0.25, 0.3) is 0 Å². The lowest BCUT2D eigenvalue weighted by Crippen LogP contribution is -2.42. The van der Waals surface area contributed by atoms with Crippen LogP contribution in [0.3, 0.4) is 0 Å². The SMILES string of the molecule is CON(C)C(=O)C1[C@H]2CC3(COC3)C[C@H]12. The fraction of sp³-hybridized carbons (Fsp3) is 0.909. The van der Waals surface area contributed by atoms with E-state index in [0.29, 0.717) is 17.3 Å². The molecule has 3 rings (SSSR count). The lowest BCUT2D eigenvalue weighted by atomic mass is 9.80. The van der Waals surface area contributed by atoms with E-state index in [1.165, 1.54) is 25.0 Å². The van der Waals surface area contributed by atoms with E-state index >= 15 is 0 Å². The third-order valence-electron chi connectivity index (χ3n) is 4.35. The number of fused-ring (bicyclic) bond motifs is 1. The van der Waals surface area contributed by atoms with Gasteiger partial charge in [0, 0.05) is 18.4 Å². The Bertz CT molecular complexity index is 286. The van der Waals surface area contributed by atoms with Crippen LogP contribution in [0.5, 0.6) is 0 Å². The minimum absolute atomic E-state index is 0.155. The van der Waals surface area contributed by atoms with Crippen molar-refractivity contribution >= 4 is 5.91 Å². The third kappa shape index (κ3) is 1.24. The van der Waals surface area contributed by atoms with Gasteiger partial charge in [-0.25, -0.2) is 5.06 Å². The highest BCUT2D eigenvalue weighted by atomic mass is 16.7. The molecule has 4 heteroatoms. The molecule has 15 heavy (non-hydrogen) atoms. The highest BCUT2D eigenvalue weighted by Gasteiger charge is 2.66. The number of carbonyl (C=O) groups excluding carboxylic acids is 1. The van der Waals surface area contributed by atoms with Crippen LogP contribution in [0, 0.1) is 23.2 Å². The number of rotatable bonds is 2. The summed E-state index contributed by atoms with van der Waals surface area (Å²) in [4.78, 5) is 16.8. The molecule has 2 saturated carbocycles. The van der Waals surface area contributed by atoms with Gasteiger partial charge in [-0.3, -0.25) is 9.63 Å². The fourth-order valence-electron chi connectivity index (χ4n) is 3.38. The van der Waals surface area contributed by atoms with Crippen molar-refractivity contribution in [2.45, 2.75) is 12.8 Å². The van der Waals surface area contributed by atoms with Crippen molar-refractivity contribution < 1.29 is 14.4 Å². The molecule has 1 heterocycles. The average molecular weight is 211 g/mol. The lowest BCUT2D eigenvalue weighted by molar-refractivity contribution is -0.172. The highest BCUT2D eigenvalue weighted by molar-refractivity contribution is 5.81. The van der Waals surface area contributed by atoms with E-state index < -0.39 is 0 Å². The van der Waals surface area contributed by atoms with Gasteiger partial charge in [0.1, 0.15) is 0 Å². The van der Waals surface area contributed by atoms with Crippen LogP contribution >= 0.6 is 0 Å². The Labute approximate surface area is 89.5 Å². The molecule has 0 N–H and O–H groups in total. The van der Waals surface area contributed by atoms with Gasteiger partial charge in [0.2, 0.25) is 5.91 Å². The molecular formula is C11H17NO3. The molecule has 0 aromatic heterocycles. The maximum absolute atomic E-state index is 11.8. The number of carbonyl (C=O) groups is 1. The molecule has 4 nitrogen and oxygen atoms in total. The van der Waals surface area contributed by atoms with E-state index in [1.807, 2.05) is 0 Å². The largest absolute Gasteiger partial charge is 0.380 e. The Balaban J connectivity index is 1.60. The molecule has 0 unspecified atom stereocenters. The molecule has 0 aromatic rings. The first kappa shape index (κ1) is 9.60. The monoisotopic (exact) mass is 211 g/mol. The van der Waals surface area contributed by atoms with Gasteiger partial charge in [0.15, 0.2) is 0 Å². The first-order valence-electron chi connectivity index (χ1n) is 5.56. The number of amides is 1. The summed E-state index contributed by atoms with van der Waals surface area (Å²) in [5, 5.41) is 1.37. The zero-order chi connectivity index (χ0) is 10.6. The minimum Gasteiger partial charge on any atom is -0.380 e. The second kappa shape index (κ2) is 2.95. The first-order chi connectivity index (χ1) is 7.17. The third-order valence-corrected chi connectivity index (χ3v) is 4.35. The smallest absolute Gasteiger partial charge is 0.249 e. The van der Waals surface area contributed by atoms with Gasteiger partial charge in [-0.2, -0.15) is 0 Å². The number of hydrogen-bond donors (Lipinski definition) is 0. The maximum Gasteiger partial charge on any atom is 0.249 e. The van der Waals surface area contributed by atoms with Crippen LogP contribution in [0.15, 0.2) is 0 Å². The van der Waals surface area contributed by atoms with Crippen molar-refractivity contribution in [2.75, 3.05) is 27.4 Å². The Hall–Kier alpha value is -0.610. The topological polar surface area (TPSA) is 38.8 Å². The van der Waals surface area contributed by atoms with Crippen LogP contribution in [0.25, 0.3) is 0 Å². The van der Waals surface area contributed by atoms with Crippen LogP contribution in [0.4, 0.5) is 0 Å². The van der Waals surface area contributed by atoms with Crippen LogP contribution in [-0.4, -0.2) is 38.3 Å². The van der Waals surface area contributed by atoms with E-state index in [-0.39, 0.29) is 11.8 Å². The number of hydroxylamine groups is 2. The van der Waals surface area contributed by atoms with Gasteiger partial charge in [0.05, 0.1) is 20.3 Å². The summed E-state index contributed by atoms with van der Waals surface area (Å²) in [7, 11) is 3.23. The summed E-state index contributed by atoms with van der Waals surface area (Å²) in [6.07, 6.45) is 2.37. The van der Waals surface area contributed by atoms with Crippen molar-refractivity contribution in [3.05, 3.63) is 0 Å². The fourth-order valence-corrected chi connectivity index (χ4v) is 3.38. The van der Waals surface area contributed by atoms with E-state index in [1.54, 1.807) is 7.05 Å². The van der Waals surface area contributed by atoms with E-state index in [4.69, 9.17) is 9.57 Å². The summed E-state index contributed by atoms with van der Waals surface area (Å²) in [6.45, 7) is 1.84. The Morgan fingerprint density at radius 2 is 2.00 bits per heavy atom. The van der Waals surface area contributed by atoms with Gasteiger partial charge >= 0.3 is 0 Å². The molecule has 0 bridgehead atoms. The van der Waals surface area contributed by atoms with Crippen LogP contribution < -0.4 is 0 Å². The van der Waals surface area contributed by atoms with Gasteiger partial charge in [-0.1, -0.05) is 0 Å². The molecule has 2 atom stereocenters. The molecule has 0 radical (unpaired) electrons. The minimum atomic E-state index is 0.155. The van der Waals surface area contributed by atoms with Crippen molar-refractivity contribution in [1.82, 2.24) is 5.06 Å². The Morgan fingerprint density at radius 3 is 2.40 bits per heavy atom. The quantitative estimate of drug-likeness (QED) is 0.630. The van der Waals surface area contributed by atoms with Gasteiger partial charge in [-0.05, 0) is 24.7 Å². The molecule has 2 aliphatic carbocycles. The molecule has 1 amide bonds. The molecule has 3 fully saturated rings. The molecule has 1 aliphatic heterocycles. The van der Waals surface area contributed by atoms with E-state index in [2.05, 4.69) is 0 Å². The Morgan fingerprint density at radius 1 is 1.40 bits per heavy atom. The highest BCUT2D eigenvalue weighted by Crippen LogP contribution is 2.66. The van der Waals surface area contributed by atoms with Crippen LogP contribution in [0.2, 0.25) is 0 Å². The summed E-state index contributed by atoms with van der Waals surface area (Å²) >= 11 is 0. The van der Waals surface area contributed by atoms with Crippen molar-refractivity contribution in [1.29, 1.82) is 0 Å². The standard InChI is InChI=1S/C11H17NO3/c1-12(14-2)10(13)9-7-3-11(4-8(7)9)5-15-6-11/h7-9H,3-6H2,1-2H3/t7-,8-/m0/s1. The number of ether oxygens (including phenoxy) is 1. The molecular weight excluding hydrogens is 194 g/mol. The van der Waals surface area contributed by atoms with Crippen LogP contribution in [0.1, 0.15) is 12.8 Å². The van der Waals surface area contributed by atoms with Crippen LogP contribution in [-0.2, 0) is 14.4 Å². The van der Waals surface area contributed by atoms with Gasteiger partial charge in [-0.15, -0.1) is 0 Å². The van der Waals surface area contributed by atoms with Crippen molar-refractivity contribution in [3.8, 4) is 0 Å². The summed E-state index contributed by atoms with van der Waals surface area (Å²) in [5.74, 6) is 1.61. The Kier molecular flexibility index (Phi) is 1.89. The predicted molar refractivity (Wildman–Crippen MR) is 52.7 cm³/mol. The molecule has 3 aliphatic rings.